The lowest BCUT2D eigenvalue weighted by Gasteiger charge is -1.99. The fourth-order valence-corrected chi connectivity index (χ4v) is 2.77. The van der Waals surface area contributed by atoms with Crippen LogP contribution in [0.3, 0.4) is 0 Å². The van der Waals surface area contributed by atoms with Crippen molar-refractivity contribution in [2.24, 2.45) is 0 Å². The molecule has 0 saturated heterocycles. The van der Waals surface area contributed by atoms with Crippen molar-refractivity contribution in [2.45, 2.75) is 46.0 Å². The van der Waals surface area contributed by atoms with Crippen LogP contribution in [0.25, 0.3) is 0 Å². The van der Waals surface area contributed by atoms with E-state index in [9.17, 15) is 4.79 Å². The van der Waals surface area contributed by atoms with Gasteiger partial charge < -0.3 is 5.11 Å². The Kier molecular flexibility index (Phi) is 4.82. The van der Waals surface area contributed by atoms with E-state index in [-0.39, 0.29) is 0 Å². The molecule has 0 aliphatic carbocycles. The van der Waals surface area contributed by atoms with Gasteiger partial charge in [-0.25, -0.2) is 0 Å². The van der Waals surface area contributed by atoms with Gasteiger partial charge in [-0.05, 0) is 44.7 Å². The molecule has 0 aliphatic heterocycles. The molecule has 15 heavy (non-hydrogen) atoms. The lowest BCUT2D eigenvalue weighted by molar-refractivity contribution is -0.137. The molecule has 0 fully saturated rings. The Morgan fingerprint density at radius 1 is 1.33 bits per heavy atom. The average Bonchev–Trinajstić information content (AvgIpc) is 2.44. The topological polar surface area (TPSA) is 37.3 Å². The van der Waals surface area contributed by atoms with Gasteiger partial charge in [-0.15, -0.1) is 11.3 Å². The summed E-state index contributed by atoms with van der Waals surface area (Å²) in [5.41, 5.74) is 1.38. The van der Waals surface area contributed by atoms with Crippen LogP contribution in [0.1, 0.15) is 41.0 Å². The molecule has 0 bridgehead atoms. The minimum Gasteiger partial charge on any atom is -0.481 e. The molecule has 1 heterocycles. The molecule has 0 spiro atoms. The van der Waals surface area contributed by atoms with Crippen molar-refractivity contribution >= 4 is 17.3 Å². The molecule has 0 saturated carbocycles. The van der Waals surface area contributed by atoms with Crippen LogP contribution in [0, 0.1) is 13.8 Å². The van der Waals surface area contributed by atoms with Crippen molar-refractivity contribution < 1.29 is 9.90 Å². The number of unbranched alkanes of at least 4 members (excludes halogenated alkanes) is 2. The summed E-state index contributed by atoms with van der Waals surface area (Å²) in [6.07, 6.45) is 4.34. The van der Waals surface area contributed by atoms with Crippen molar-refractivity contribution in [1.29, 1.82) is 0 Å². The van der Waals surface area contributed by atoms with E-state index >= 15 is 0 Å². The van der Waals surface area contributed by atoms with Crippen LogP contribution >= 0.6 is 11.3 Å². The van der Waals surface area contributed by atoms with E-state index in [2.05, 4.69) is 19.9 Å². The zero-order valence-corrected chi connectivity index (χ0v) is 10.2. The largest absolute Gasteiger partial charge is 0.481 e. The number of carbonyl (C=O) groups is 1. The summed E-state index contributed by atoms with van der Waals surface area (Å²) in [6, 6.07) is 2.22. The Balaban J connectivity index is 2.20. The van der Waals surface area contributed by atoms with Crippen LogP contribution in [-0.2, 0) is 11.2 Å². The molecule has 84 valence electrons. The van der Waals surface area contributed by atoms with Crippen LogP contribution < -0.4 is 0 Å². The molecule has 0 atom stereocenters. The van der Waals surface area contributed by atoms with Gasteiger partial charge in [0, 0.05) is 16.2 Å². The maximum atomic E-state index is 10.3. The lowest BCUT2D eigenvalue weighted by atomic mass is 10.1. The summed E-state index contributed by atoms with van der Waals surface area (Å²) in [6.45, 7) is 4.28. The smallest absolute Gasteiger partial charge is 0.303 e. The predicted molar refractivity (Wildman–Crippen MR) is 63.6 cm³/mol. The molecule has 3 heteroatoms. The van der Waals surface area contributed by atoms with Gasteiger partial charge in [0.15, 0.2) is 0 Å². The maximum absolute atomic E-state index is 10.3. The fraction of sp³-hybridized carbons (Fsp3) is 0.583. The van der Waals surface area contributed by atoms with Gasteiger partial charge in [-0.3, -0.25) is 4.79 Å². The van der Waals surface area contributed by atoms with Crippen molar-refractivity contribution in [3.63, 3.8) is 0 Å². The number of hydrogen-bond acceptors (Lipinski definition) is 2. The average molecular weight is 226 g/mol. The van der Waals surface area contributed by atoms with Crippen molar-refractivity contribution in [3.05, 3.63) is 21.4 Å². The summed E-state index contributed by atoms with van der Waals surface area (Å²) in [7, 11) is 0. The van der Waals surface area contributed by atoms with Gasteiger partial charge in [-0.1, -0.05) is 6.42 Å². The standard InChI is InChI=1S/C12H18O2S/c1-9-8-10(2)15-11(9)6-4-3-5-7-12(13)14/h8H,3-7H2,1-2H3,(H,13,14). The Morgan fingerprint density at radius 3 is 2.60 bits per heavy atom. The molecule has 0 unspecified atom stereocenters. The second kappa shape index (κ2) is 5.91. The summed E-state index contributed by atoms with van der Waals surface area (Å²) in [5.74, 6) is -0.682. The van der Waals surface area contributed by atoms with Crippen molar-refractivity contribution in [3.8, 4) is 0 Å². The fourth-order valence-electron chi connectivity index (χ4n) is 1.68. The van der Waals surface area contributed by atoms with Crippen molar-refractivity contribution in [1.82, 2.24) is 0 Å². The van der Waals surface area contributed by atoms with E-state index < -0.39 is 5.97 Å². The number of rotatable bonds is 6. The molecule has 1 N–H and O–H groups in total. The SMILES string of the molecule is Cc1cc(C)c(CCCCCC(=O)O)s1. The van der Waals surface area contributed by atoms with Gasteiger partial charge in [0.2, 0.25) is 0 Å². The molecular formula is C12H18O2S. The van der Waals surface area contributed by atoms with Gasteiger partial charge >= 0.3 is 5.97 Å². The summed E-state index contributed by atoms with van der Waals surface area (Å²) < 4.78 is 0. The normalized spacial score (nSPS) is 10.5. The van der Waals surface area contributed by atoms with Gasteiger partial charge in [-0.2, -0.15) is 0 Å². The Bertz CT molecular complexity index is 328. The number of carboxylic acid groups (broad SMARTS) is 1. The van der Waals surface area contributed by atoms with Crippen LogP contribution in [0.15, 0.2) is 6.07 Å². The Morgan fingerprint density at radius 2 is 2.07 bits per heavy atom. The Hall–Kier alpha value is -0.830. The van der Waals surface area contributed by atoms with Crippen LogP contribution in [-0.4, -0.2) is 11.1 Å². The summed E-state index contributed by atoms with van der Waals surface area (Å²) in [5, 5.41) is 8.48. The summed E-state index contributed by atoms with van der Waals surface area (Å²) >= 11 is 1.86. The monoisotopic (exact) mass is 226 g/mol. The number of thiophene rings is 1. The zero-order valence-electron chi connectivity index (χ0n) is 9.38. The first-order valence-electron chi connectivity index (χ1n) is 5.37. The molecule has 0 radical (unpaired) electrons. The third kappa shape index (κ3) is 4.47. The first-order chi connectivity index (χ1) is 7.09. The number of aliphatic carboxylic acids is 1. The minimum atomic E-state index is -0.682. The van der Waals surface area contributed by atoms with Crippen LogP contribution in [0.2, 0.25) is 0 Å². The number of aryl methyl sites for hydroxylation is 3. The van der Waals surface area contributed by atoms with E-state index in [1.54, 1.807) is 0 Å². The van der Waals surface area contributed by atoms with E-state index in [0.29, 0.717) is 6.42 Å². The molecule has 2 nitrogen and oxygen atoms in total. The highest BCUT2D eigenvalue weighted by Crippen LogP contribution is 2.23. The highest BCUT2D eigenvalue weighted by molar-refractivity contribution is 7.12. The Labute approximate surface area is 94.9 Å². The number of carboxylic acids is 1. The third-order valence-electron chi connectivity index (χ3n) is 2.44. The van der Waals surface area contributed by atoms with Gasteiger partial charge in [0.1, 0.15) is 0 Å². The molecule has 1 aromatic heterocycles. The highest BCUT2D eigenvalue weighted by Gasteiger charge is 2.03. The number of hydrogen-bond donors (Lipinski definition) is 1. The second-order valence-corrected chi connectivity index (χ2v) is 5.26. The van der Waals surface area contributed by atoms with E-state index in [4.69, 9.17) is 5.11 Å². The second-order valence-electron chi connectivity index (χ2n) is 3.92. The van der Waals surface area contributed by atoms with Crippen LogP contribution in [0.5, 0.6) is 0 Å². The molecular weight excluding hydrogens is 208 g/mol. The quantitative estimate of drug-likeness (QED) is 0.753. The summed E-state index contributed by atoms with van der Waals surface area (Å²) in [4.78, 5) is 13.1. The van der Waals surface area contributed by atoms with Crippen LogP contribution in [0.4, 0.5) is 0 Å². The first-order valence-corrected chi connectivity index (χ1v) is 6.19. The van der Waals surface area contributed by atoms with Gasteiger partial charge in [0.25, 0.3) is 0 Å². The molecule has 0 aliphatic rings. The minimum absolute atomic E-state index is 0.308. The highest BCUT2D eigenvalue weighted by atomic mass is 32.1. The third-order valence-corrected chi connectivity index (χ3v) is 3.65. The molecule has 1 rings (SSSR count). The van der Waals surface area contributed by atoms with E-state index in [1.807, 2.05) is 11.3 Å². The van der Waals surface area contributed by atoms with Crippen molar-refractivity contribution in [2.75, 3.05) is 0 Å². The molecule has 0 aromatic carbocycles. The predicted octanol–water partition coefficient (Wildman–Crippen LogP) is 3.55. The zero-order chi connectivity index (χ0) is 11.3. The lowest BCUT2D eigenvalue weighted by Crippen LogP contribution is -1.94. The molecule has 1 aromatic rings. The first kappa shape index (κ1) is 12.2. The van der Waals surface area contributed by atoms with E-state index in [1.165, 1.54) is 15.3 Å². The maximum Gasteiger partial charge on any atom is 0.303 e. The van der Waals surface area contributed by atoms with E-state index in [0.717, 1.165) is 25.7 Å². The van der Waals surface area contributed by atoms with Gasteiger partial charge in [0.05, 0.1) is 0 Å². The molecule has 0 amide bonds.